The van der Waals surface area contributed by atoms with E-state index in [9.17, 15) is 4.79 Å². The van der Waals surface area contributed by atoms with Crippen LogP contribution in [-0.2, 0) is 10.2 Å². The zero-order chi connectivity index (χ0) is 22.0. The highest BCUT2D eigenvalue weighted by Crippen LogP contribution is 2.25. The molecule has 1 atom stereocenters. The predicted molar refractivity (Wildman–Crippen MR) is 125 cm³/mol. The van der Waals surface area contributed by atoms with E-state index in [2.05, 4.69) is 33.0 Å². The van der Waals surface area contributed by atoms with Crippen LogP contribution in [0.5, 0.6) is 11.5 Å². The van der Waals surface area contributed by atoms with Crippen molar-refractivity contribution in [2.24, 2.45) is 0 Å². The molecule has 0 aliphatic heterocycles. The number of anilines is 1. The highest BCUT2D eigenvalue weighted by Gasteiger charge is 2.17. The van der Waals surface area contributed by atoms with Crippen LogP contribution in [0.1, 0.15) is 72.3 Å². The largest absolute Gasteiger partial charge is 0.494 e. The summed E-state index contributed by atoms with van der Waals surface area (Å²) in [5.74, 6) is 1.33. The molecular weight excluding hydrogens is 374 g/mol. The Morgan fingerprint density at radius 3 is 2.10 bits per heavy atom. The number of amides is 1. The molecule has 0 saturated heterocycles. The fourth-order valence-corrected chi connectivity index (χ4v) is 3.07. The molecule has 0 bridgehead atoms. The van der Waals surface area contributed by atoms with Gasteiger partial charge in [-0.3, -0.25) is 4.79 Å². The summed E-state index contributed by atoms with van der Waals surface area (Å²) in [6, 6.07) is 15.4. The Balaban J connectivity index is 1.78. The Morgan fingerprint density at radius 1 is 0.900 bits per heavy atom. The minimum atomic E-state index is -0.593. The Kier molecular flexibility index (Phi) is 9.22. The molecule has 2 aromatic carbocycles. The summed E-state index contributed by atoms with van der Waals surface area (Å²) in [5.41, 5.74) is 2.05. The third-order valence-corrected chi connectivity index (χ3v) is 5.04. The van der Waals surface area contributed by atoms with Crippen LogP contribution in [0.2, 0.25) is 0 Å². The lowest BCUT2D eigenvalue weighted by molar-refractivity contribution is -0.122. The molecule has 2 rings (SSSR count). The molecule has 1 N–H and O–H groups in total. The SMILES string of the molecule is CCCCCCCOc1ccc(NC(=O)C(C)Oc2ccc(C(C)(C)C)cc2)cc1. The molecule has 4 nitrogen and oxygen atoms in total. The lowest BCUT2D eigenvalue weighted by Crippen LogP contribution is -2.30. The number of rotatable bonds is 11. The maximum Gasteiger partial charge on any atom is 0.265 e. The molecule has 4 heteroatoms. The number of ether oxygens (including phenoxy) is 2. The van der Waals surface area contributed by atoms with Gasteiger partial charge in [-0.1, -0.05) is 65.5 Å². The first-order valence-electron chi connectivity index (χ1n) is 11.1. The summed E-state index contributed by atoms with van der Waals surface area (Å²) in [6.45, 7) is 11.2. The fourth-order valence-electron chi connectivity index (χ4n) is 3.07. The molecule has 0 heterocycles. The van der Waals surface area contributed by atoms with Gasteiger partial charge in [0.05, 0.1) is 6.61 Å². The van der Waals surface area contributed by atoms with Crippen LogP contribution >= 0.6 is 0 Å². The van der Waals surface area contributed by atoms with Crippen molar-refractivity contribution in [3.05, 3.63) is 54.1 Å². The summed E-state index contributed by atoms with van der Waals surface area (Å²) in [6.07, 6.45) is 5.50. The molecule has 0 saturated carbocycles. The number of unbranched alkanes of at least 4 members (excludes halogenated alkanes) is 4. The van der Waals surface area contributed by atoms with Crippen molar-refractivity contribution < 1.29 is 14.3 Å². The molecule has 0 radical (unpaired) electrons. The molecule has 0 spiro atoms. The van der Waals surface area contributed by atoms with Gasteiger partial charge in [-0.15, -0.1) is 0 Å². The fraction of sp³-hybridized carbons (Fsp3) is 0.500. The molecule has 164 valence electrons. The van der Waals surface area contributed by atoms with Crippen LogP contribution in [-0.4, -0.2) is 18.6 Å². The van der Waals surface area contributed by atoms with Gasteiger partial charge >= 0.3 is 0 Å². The molecule has 1 amide bonds. The molecule has 0 fully saturated rings. The standard InChI is InChI=1S/C26H37NO3/c1-6-7-8-9-10-19-29-23-17-13-22(14-18-23)27-25(28)20(2)30-24-15-11-21(12-16-24)26(3,4)5/h11-18,20H,6-10,19H2,1-5H3,(H,27,28). The lowest BCUT2D eigenvalue weighted by atomic mass is 9.87. The van der Waals surface area contributed by atoms with Gasteiger partial charge in [-0.05, 0) is 60.7 Å². The summed E-state index contributed by atoms with van der Waals surface area (Å²) in [4.78, 5) is 12.5. The zero-order valence-corrected chi connectivity index (χ0v) is 19.2. The van der Waals surface area contributed by atoms with Crippen molar-refractivity contribution in [1.29, 1.82) is 0 Å². The Morgan fingerprint density at radius 2 is 1.50 bits per heavy atom. The second-order valence-corrected chi connectivity index (χ2v) is 8.81. The number of nitrogens with one attached hydrogen (secondary N) is 1. The van der Waals surface area contributed by atoms with Gasteiger partial charge in [0.15, 0.2) is 6.10 Å². The average Bonchev–Trinajstić information content (AvgIpc) is 2.71. The van der Waals surface area contributed by atoms with Crippen molar-refractivity contribution in [3.63, 3.8) is 0 Å². The summed E-state index contributed by atoms with van der Waals surface area (Å²) < 4.78 is 11.6. The van der Waals surface area contributed by atoms with Crippen LogP contribution in [0.25, 0.3) is 0 Å². The van der Waals surface area contributed by atoms with Crippen LogP contribution in [0.4, 0.5) is 5.69 Å². The summed E-state index contributed by atoms with van der Waals surface area (Å²) in [7, 11) is 0. The summed E-state index contributed by atoms with van der Waals surface area (Å²) >= 11 is 0. The second-order valence-electron chi connectivity index (χ2n) is 8.81. The van der Waals surface area contributed by atoms with E-state index < -0.39 is 6.10 Å². The quantitative estimate of drug-likeness (QED) is 0.417. The molecular formula is C26H37NO3. The van der Waals surface area contributed by atoms with E-state index in [0.29, 0.717) is 5.75 Å². The Labute approximate surface area is 182 Å². The molecule has 0 aliphatic carbocycles. The van der Waals surface area contributed by atoms with Crippen LogP contribution in [0, 0.1) is 0 Å². The van der Waals surface area contributed by atoms with E-state index in [1.807, 2.05) is 48.5 Å². The van der Waals surface area contributed by atoms with Gasteiger partial charge in [-0.25, -0.2) is 0 Å². The Bertz CT molecular complexity index is 760. The number of hydrogen-bond donors (Lipinski definition) is 1. The second kappa shape index (κ2) is 11.6. The maximum absolute atomic E-state index is 12.5. The average molecular weight is 412 g/mol. The smallest absolute Gasteiger partial charge is 0.265 e. The van der Waals surface area contributed by atoms with Crippen molar-refractivity contribution in [1.82, 2.24) is 0 Å². The molecule has 2 aromatic rings. The van der Waals surface area contributed by atoms with Crippen molar-refractivity contribution in [2.45, 2.75) is 78.2 Å². The van der Waals surface area contributed by atoms with Crippen LogP contribution in [0.15, 0.2) is 48.5 Å². The number of hydrogen-bond acceptors (Lipinski definition) is 3. The van der Waals surface area contributed by atoms with Crippen LogP contribution < -0.4 is 14.8 Å². The van der Waals surface area contributed by atoms with E-state index in [4.69, 9.17) is 9.47 Å². The van der Waals surface area contributed by atoms with Gasteiger partial charge in [0.1, 0.15) is 11.5 Å². The predicted octanol–water partition coefficient (Wildman–Crippen LogP) is 6.74. The molecule has 0 aliphatic rings. The van der Waals surface area contributed by atoms with Gasteiger partial charge < -0.3 is 14.8 Å². The highest BCUT2D eigenvalue weighted by molar-refractivity contribution is 5.94. The Hall–Kier alpha value is -2.49. The molecule has 1 unspecified atom stereocenters. The van der Waals surface area contributed by atoms with Crippen LogP contribution in [0.3, 0.4) is 0 Å². The minimum Gasteiger partial charge on any atom is -0.494 e. The highest BCUT2D eigenvalue weighted by atomic mass is 16.5. The minimum absolute atomic E-state index is 0.0897. The van der Waals surface area contributed by atoms with Crippen molar-refractivity contribution in [2.75, 3.05) is 11.9 Å². The monoisotopic (exact) mass is 411 g/mol. The van der Waals surface area contributed by atoms with E-state index in [1.54, 1.807) is 6.92 Å². The number of carbonyl (C=O) groups is 1. The van der Waals surface area contributed by atoms with Gasteiger partial charge in [0.2, 0.25) is 0 Å². The first kappa shape index (κ1) is 23.8. The van der Waals surface area contributed by atoms with Gasteiger partial charge in [-0.2, -0.15) is 0 Å². The van der Waals surface area contributed by atoms with Gasteiger partial charge in [0, 0.05) is 5.69 Å². The third-order valence-electron chi connectivity index (χ3n) is 5.04. The van der Waals surface area contributed by atoms with E-state index >= 15 is 0 Å². The van der Waals surface area contributed by atoms with Gasteiger partial charge in [0.25, 0.3) is 5.91 Å². The first-order valence-corrected chi connectivity index (χ1v) is 11.1. The van der Waals surface area contributed by atoms with E-state index in [1.165, 1.54) is 31.2 Å². The number of carbonyl (C=O) groups excluding carboxylic acids is 1. The topological polar surface area (TPSA) is 47.6 Å². The summed E-state index contributed by atoms with van der Waals surface area (Å²) in [5, 5.41) is 2.90. The lowest BCUT2D eigenvalue weighted by Gasteiger charge is -2.20. The maximum atomic E-state index is 12.5. The van der Waals surface area contributed by atoms with E-state index in [-0.39, 0.29) is 11.3 Å². The van der Waals surface area contributed by atoms with Crippen molar-refractivity contribution >= 4 is 11.6 Å². The molecule has 30 heavy (non-hydrogen) atoms. The van der Waals surface area contributed by atoms with Crippen molar-refractivity contribution in [3.8, 4) is 11.5 Å². The molecule has 0 aromatic heterocycles. The normalized spacial score (nSPS) is 12.3. The first-order chi connectivity index (χ1) is 14.3. The van der Waals surface area contributed by atoms with E-state index in [0.717, 1.165) is 24.5 Å². The third kappa shape index (κ3) is 8.10. The number of benzene rings is 2. The zero-order valence-electron chi connectivity index (χ0n) is 19.2.